The summed E-state index contributed by atoms with van der Waals surface area (Å²) in [6.45, 7) is 10.5. The van der Waals surface area contributed by atoms with Crippen LogP contribution >= 0.6 is 0 Å². The van der Waals surface area contributed by atoms with Crippen LogP contribution in [0.25, 0.3) is 0 Å². The topological polar surface area (TPSA) is 26.3 Å². The maximum absolute atomic E-state index is 12.5. The third-order valence-electron chi connectivity index (χ3n) is 4.46. The predicted molar refractivity (Wildman–Crippen MR) is 81.5 cm³/mol. The Morgan fingerprint density at radius 2 is 1.70 bits per heavy atom. The molecule has 1 aliphatic rings. The van der Waals surface area contributed by atoms with Gasteiger partial charge < -0.3 is 4.74 Å². The first-order valence-electron chi connectivity index (χ1n) is 7.62. The van der Waals surface area contributed by atoms with Crippen LogP contribution in [-0.4, -0.2) is 12.1 Å². The molecule has 1 aromatic rings. The number of hydrogen-bond donors (Lipinski definition) is 0. The molecule has 0 N–H and O–H groups in total. The van der Waals surface area contributed by atoms with E-state index in [4.69, 9.17) is 4.74 Å². The highest BCUT2D eigenvalue weighted by Crippen LogP contribution is 2.59. The van der Waals surface area contributed by atoms with Gasteiger partial charge in [0.2, 0.25) is 0 Å². The molecule has 1 aromatic carbocycles. The molecule has 110 valence electrons. The molecule has 0 saturated heterocycles. The van der Waals surface area contributed by atoms with E-state index in [0.717, 1.165) is 6.42 Å². The molecule has 0 aliphatic heterocycles. The molecule has 0 aromatic heterocycles. The Morgan fingerprint density at radius 1 is 1.15 bits per heavy atom. The summed E-state index contributed by atoms with van der Waals surface area (Å²) in [6.07, 6.45) is 0.912. The highest BCUT2D eigenvalue weighted by atomic mass is 16.5. The normalized spacial score (nSPS) is 25.3. The van der Waals surface area contributed by atoms with Crippen LogP contribution in [0.2, 0.25) is 0 Å². The minimum absolute atomic E-state index is 0.0105. The molecule has 0 amide bonds. The standard InChI is InChI=1S/C18H26O2/c1-12(2)16(13(3)4)20-17(19)18(5)11-15(18)14-9-7-6-8-10-14/h6-10,12-13,15-16H,11H2,1-5H3/t15-,18+/m0/s1. The fourth-order valence-electron chi connectivity index (χ4n) is 3.06. The SMILES string of the molecule is CC(C)C(OC(=O)[C@]1(C)C[C@H]1c1ccccc1)C(C)C. The summed E-state index contributed by atoms with van der Waals surface area (Å²) in [6, 6.07) is 10.3. The van der Waals surface area contributed by atoms with Crippen molar-refractivity contribution in [3.05, 3.63) is 35.9 Å². The molecule has 20 heavy (non-hydrogen) atoms. The Labute approximate surface area is 122 Å². The second kappa shape index (κ2) is 5.59. The lowest BCUT2D eigenvalue weighted by Gasteiger charge is -2.26. The van der Waals surface area contributed by atoms with Crippen molar-refractivity contribution in [3.8, 4) is 0 Å². The average Bonchev–Trinajstić information content (AvgIpc) is 3.10. The lowest BCUT2D eigenvalue weighted by Crippen LogP contribution is -2.32. The number of ether oxygens (including phenoxy) is 1. The van der Waals surface area contributed by atoms with Crippen LogP contribution in [0.4, 0.5) is 0 Å². The quantitative estimate of drug-likeness (QED) is 0.744. The Morgan fingerprint density at radius 3 is 2.20 bits per heavy atom. The van der Waals surface area contributed by atoms with Gasteiger partial charge in [-0.3, -0.25) is 4.79 Å². The highest BCUT2D eigenvalue weighted by Gasteiger charge is 2.58. The van der Waals surface area contributed by atoms with Gasteiger partial charge in [-0.15, -0.1) is 0 Å². The molecule has 0 bridgehead atoms. The summed E-state index contributed by atoms with van der Waals surface area (Å²) in [5, 5.41) is 0. The van der Waals surface area contributed by atoms with Crippen LogP contribution < -0.4 is 0 Å². The second-order valence-electron chi connectivity index (χ2n) is 6.94. The van der Waals surface area contributed by atoms with E-state index >= 15 is 0 Å². The first-order chi connectivity index (χ1) is 9.36. The van der Waals surface area contributed by atoms with Gasteiger partial charge in [0.05, 0.1) is 5.41 Å². The molecule has 0 heterocycles. The largest absolute Gasteiger partial charge is 0.461 e. The van der Waals surface area contributed by atoms with E-state index in [-0.39, 0.29) is 17.5 Å². The third kappa shape index (κ3) is 2.89. The molecule has 2 rings (SSSR count). The maximum Gasteiger partial charge on any atom is 0.312 e. The molecule has 0 radical (unpaired) electrons. The van der Waals surface area contributed by atoms with E-state index in [0.29, 0.717) is 17.8 Å². The maximum atomic E-state index is 12.5. The van der Waals surface area contributed by atoms with E-state index < -0.39 is 0 Å². The molecule has 2 heteroatoms. The zero-order valence-corrected chi connectivity index (χ0v) is 13.2. The van der Waals surface area contributed by atoms with Crippen LogP contribution in [0.5, 0.6) is 0 Å². The molecule has 0 spiro atoms. The minimum atomic E-state index is -0.330. The zero-order chi connectivity index (χ0) is 14.9. The second-order valence-corrected chi connectivity index (χ2v) is 6.94. The van der Waals surface area contributed by atoms with Crippen molar-refractivity contribution in [1.82, 2.24) is 0 Å². The summed E-state index contributed by atoms with van der Waals surface area (Å²) < 4.78 is 5.81. The summed E-state index contributed by atoms with van der Waals surface area (Å²) in [7, 11) is 0. The Balaban J connectivity index is 2.04. The third-order valence-corrected chi connectivity index (χ3v) is 4.46. The minimum Gasteiger partial charge on any atom is -0.461 e. The van der Waals surface area contributed by atoms with Gasteiger partial charge in [-0.2, -0.15) is 0 Å². The first kappa shape index (κ1) is 15.1. The van der Waals surface area contributed by atoms with Crippen molar-refractivity contribution in [2.45, 2.75) is 53.1 Å². The Hall–Kier alpha value is -1.31. The van der Waals surface area contributed by atoms with Crippen molar-refractivity contribution in [3.63, 3.8) is 0 Å². The van der Waals surface area contributed by atoms with Gasteiger partial charge in [0, 0.05) is 5.92 Å². The van der Waals surface area contributed by atoms with E-state index in [9.17, 15) is 4.79 Å². The number of carbonyl (C=O) groups excluding carboxylic acids is 1. The average molecular weight is 274 g/mol. The zero-order valence-electron chi connectivity index (χ0n) is 13.2. The predicted octanol–water partition coefficient (Wildman–Crippen LogP) is 4.40. The van der Waals surface area contributed by atoms with Crippen LogP contribution in [0.3, 0.4) is 0 Å². The molecule has 1 fully saturated rings. The van der Waals surface area contributed by atoms with Crippen LogP contribution in [0.15, 0.2) is 30.3 Å². The number of benzene rings is 1. The number of hydrogen-bond acceptors (Lipinski definition) is 2. The van der Waals surface area contributed by atoms with Crippen LogP contribution in [-0.2, 0) is 9.53 Å². The molecule has 1 saturated carbocycles. The molecular weight excluding hydrogens is 248 g/mol. The summed E-state index contributed by atoms with van der Waals surface area (Å²) in [5.74, 6) is 1.00. The van der Waals surface area contributed by atoms with Crippen molar-refractivity contribution in [2.24, 2.45) is 17.3 Å². The lowest BCUT2D eigenvalue weighted by atomic mass is 9.95. The van der Waals surface area contributed by atoms with E-state index in [2.05, 4.69) is 39.8 Å². The van der Waals surface area contributed by atoms with Crippen molar-refractivity contribution < 1.29 is 9.53 Å². The monoisotopic (exact) mass is 274 g/mol. The van der Waals surface area contributed by atoms with Crippen LogP contribution in [0.1, 0.15) is 52.5 Å². The Kier molecular flexibility index (Phi) is 4.22. The van der Waals surface area contributed by atoms with Gasteiger partial charge in [0.25, 0.3) is 0 Å². The van der Waals surface area contributed by atoms with Crippen molar-refractivity contribution in [1.29, 1.82) is 0 Å². The van der Waals surface area contributed by atoms with Gasteiger partial charge in [-0.1, -0.05) is 58.0 Å². The Bertz CT molecular complexity index is 456. The molecule has 0 unspecified atom stereocenters. The smallest absolute Gasteiger partial charge is 0.312 e. The number of esters is 1. The van der Waals surface area contributed by atoms with Crippen molar-refractivity contribution in [2.75, 3.05) is 0 Å². The first-order valence-corrected chi connectivity index (χ1v) is 7.62. The summed E-state index contributed by atoms with van der Waals surface area (Å²) >= 11 is 0. The summed E-state index contributed by atoms with van der Waals surface area (Å²) in [5.41, 5.74) is 0.918. The van der Waals surface area contributed by atoms with E-state index in [1.54, 1.807) is 0 Å². The van der Waals surface area contributed by atoms with E-state index in [1.165, 1.54) is 5.56 Å². The van der Waals surface area contributed by atoms with Crippen LogP contribution in [0, 0.1) is 17.3 Å². The fraction of sp³-hybridized carbons (Fsp3) is 0.611. The summed E-state index contributed by atoms with van der Waals surface area (Å²) in [4.78, 5) is 12.5. The van der Waals surface area contributed by atoms with Gasteiger partial charge in [-0.05, 0) is 30.7 Å². The lowest BCUT2D eigenvalue weighted by molar-refractivity contribution is -0.160. The van der Waals surface area contributed by atoms with Gasteiger partial charge in [0.1, 0.15) is 6.10 Å². The highest BCUT2D eigenvalue weighted by molar-refractivity contribution is 5.82. The molecule has 2 atom stereocenters. The number of rotatable bonds is 5. The van der Waals surface area contributed by atoms with Gasteiger partial charge in [0.15, 0.2) is 0 Å². The van der Waals surface area contributed by atoms with E-state index in [1.807, 2.05) is 25.1 Å². The van der Waals surface area contributed by atoms with Gasteiger partial charge in [-0.25, -0.2) is 0 Å². The van der Waals surface area contributed by atoms with Crippen molar-refractivity contribution >= 4 is 5.97 Å². The molecule has 2 nitrogen and oxygen atoms in total. The fourth-order valence-corrected chi connectivity index (χ4v) is 3.06. The molecular formula is C18H26O2. The van der Waals surface area contributed by atoms with Gasteiger partial charge >= 0.3 is 5.97 Å². The number of carbonyl (C=O) groups is 1. The molecule has 1 aliphatic carbocycles.